The second-order valence-corrected chi connectivity index (χ2v) is 7.77. The Hall–Kier alpha value is -1.30. The van der Waals surface area contributed by atoms with E-state index in [0.717, 1.165) is 0 Å². The van der Waals surface area contributed by atoms with Crippen molar-refractivity contribution >= 4 is 17.6 Å². The number of esters is 1. The van der Waals surface area contributed by atoms with Crippen LogP contribution in [0.25, 0.3) is 0 Å². The second-order valence-electron chi connectivity index (χ2n) is 7.50. The van der Waals surface area contributed by atoms with Crippen molar-refractivity contribution in [1.82, 2.24) is 0 Å². The lowest BCUT2D eigenvalue weighted by molar-refractivity contribution is -0.563. The first kappa shape index (κ1) is 28.9. The SMILES string of the molecule is CC1(O)C(F)(F)C2(F)C(F)(F)C(F)(C(F)F)C(F)(F)C(OCCOC(=O)CCl)(C1(F)F)C2(F)F. The van der Waals surface area contributed by atoms with E-state index in [1.807, 2.05) is 0 Å². The lowest BCUT2D eigenvalue weighted by atomic mass is 9.49. The smallest absolute Gasteiger partial charge is 0.338 e. The highest BCUT2D eigenvalue weighted by Gasteiger charge is 3.13. The number of aliphatic hydroxyl groups is 1. The van der Waals surface area contributed by atoms with Gasteiger partial charge in [0.25, 0.3) is 12.0 Å². The van der Waals surface area contributed by atoms with Crippen molar-refractivity contribution in [3.05, 3.63) is 0 Å². The number of carbonyl (C=O) groups excluding carboxylic acids is 1. The fourth-order valence-corrected chi connectivity index (χ4v) is 4.02. The third-order valence-corrected chi connectivity index (χ3v) is 6.05. The zero-order chi connectivity index (χ0) is 27.2. The molecule has 4 nitrogen and oxygen atoms in total. The van der Waals surface area contributed by atoms with Crippen LogP contribution >= 0.6 is 11.6 Å². The van der Waals surface area contributed by atoms with Crippen LogP contribution in [0, 0.1) is 0 Å². The van der Waals surface area contributed by atoms with Crippen molar-refractivity contribution in [2.45, 2.75) is 65.5 Å². The number of fused-ring (bicyclic) bond motifs is 2. The zero-order valence-electron chi connectivity index (χ0n) is 16.0. The first-order valence-electron chi connectivity index (χ1n) is 8.53. The Labute approximate surface area is 184 Å². The lowest BCUT2D eigenvalue weighted by Crippen LogP contribution is -3.01. The highest BCUT2D eigenvalue weighted by Crippen LogP contribution is 2.80. The van der Waals surface area contributed by atoms with Gasteiger partial charge in [0.1, 0.15) is 12.5 Å². The fraction of sp³-hybridized carbons (Fsp3) is 0.933. The minimum Gasteiger partial charge on any atom is -0.462 e. The van der Waals surface area contributed by atoms with Gasteiger partial charge in [0.2, 0.25) is 0 Å². The predicted molar refractivity (Wildman–Crippen MR) is 79.4 cm³/mol. The van der Waals surface area contributed by atoms with Gasteiger partial charge in [-0.3, -0.25) is 4.79 Å². The largest absolute Gasteiger partial charge is 0.462 e. The van der Waals surface area contributed by atoms with Gasteiger partial charge in [0, 0.05) is 0 Å². The minimum atomic E-state index is -7.83. The predicted octanol–water partition coefficient (Wildman–Crippen LogP) is 4.16. The molecule has 0 aromatic heterocycles. The summed E-state index contributed by atoms with van der Waals surface area (Å²) >= 11 is 4.93. The number of hydrogen-bond acceptors (Lipinski definition) is 4. The first-order valence-corrected chi connectivity index (χ1v) is 9.06. The van der Waals surface area contributed by atoms with Crippen LogP contribution in [-0.4, -0.2) is 88.7 Å². The summed E-state index contributed by atoms with van der Waals surface area (Å²) in [4.78, 5) is 10.9. The van der Waals surface area contributed by atoms with E-state index in [0.29, 0.717) is 0 Å². The van der Waals surface area contributed by atoms with Gasteiger partial charge in [-0.25, -0.2) is 17.6 Å². The molecule has 2 saturated carbocycles. The molecule has 34 heavy (non-hydrogen) atoms. The molecule has 0 amide bonds. The number of alkyl halides is 15. The van der Waals surface area contributed by atoms with Crippen LogP contribution in [0.2, 0.25) is 0 Å². The molecule has 0 spiro atoms. The Morgan fingerprint density at radius 2 is 1.26 bits per heavy atom. The van der Waals surface area contributed by atoms with Gasteiger partial charge in [-0.05, 0) is 6.92 Å². The Kier molecular flexibility index (Phi) is 6.27. The van der Waals surface area contributed by atoms with Crippen molar-refractivity contribution < 1.29 is 80.8 Å². The molecule has 0 heterocycles. The molecule has 2 aliphatic rings. The summed E-state index contributed by atoms with van der Waals surface area (Å²) in [6, 6.07) is 0. The zero-order valence-corrected chi connectivity index (χ0v) is 16.8. The molecular formula is C15H11ClF14O4. The molecule has 19 heteroatoms. The summed E-state index contributed by atoms with van der Waals surface area (Å²) in [6.45, 7) is -4.97. The van der Waals surface area contributed by atoms with E-state index in [2.05, 4.69) is 9.47 Å². The quantitative estimate of drug-likeness (QED) is 0.231. The van der Waals surface area contributed by atoms with Crippen molar-refractivity contribution in [3.63, 3.8) is 0 Å². The topological polar surface area (TPSA) is 55.8 Å². The van der Waals surface area contributed by atoms with Crippen LogP contribution in [0.4, 0.5) is 61.5 Å². The van der Waals surface area contributed by atoms with Gasteiger partial charge >= 0.3 is 46.9 Å². The van der Waals surface area contributed by atoms with Crippen molar-refractivity contribution in [2.24, 2.45) is 0 Å². The van der Waals surface area contributed by atoms with Crippen LogP contribution in [0.3, 0.4) is 0 Å². The van der Waals surface area contributed by atoms with Crippen molar-refractivity contribution in [2.75, 3.05) is 19.1 Å². The molecule has 0 aliphatic heterocycles. The highest BCUT2D eigenvalue weighted by atomic mass is 35.5. The highest BCUT2D eigenvalue weighted by molar-refractivity contribution is 6.26. The van der Waals surface area contributed by atoms with Gasteiger partial charge in [0.15, 0.2) is 5.60 Å². The Morgan fingerprint density at radius 1 is 0.794 bits per heavy atom. The number of rotatable bonds is 6. The molecule has 0 saturated heterocycles. The summed E-state index contributed by atoms with van der Waals surface area (Å²) in [5.74, 6) is -39.9. The Morgan fingerprint density at radius 3 is 1.68 bits per heavy atom. The molecule has 200 valence electrons. The molecule has 0 aromatic rings. The third kappa shape index (κ3) is 2.47. The summed E-state index contributed by atoms with van der Waals surface area (Å²) in [7, 11) is 0. The van der Waals surface area contributed by atoms with E-state index in [1.54, 1.807) is 0 Å². The molecule has 0 radical (unpaired) electrons. The standard InChI is InChI=1S/C15H11ClF14O4/c1-7(32)11(21,22)9(20)13(25,26)8(19,6(17)18)14(27,28)10(12(7,23)24,15(9,29)30)34-3-2-33-5(31)4-16/h6,32H,2-4H2,1H3. The Balaban J connectivity index is 3.02. The second kappa shape index (κ2) is 7.36. The minimum absolute atomic E-state index is 1.03. The summed E-state index contributed by atoms with van der Waals surface area (Å²) in [6.07, 6.45) is -6.05. The van der Waals surface area contributed by atoms with Crippen LogP contribution in [0.1, 0.15) is 6.92 Å². The van der Waals surface area contributed by atoms with E-state index < -0.39 is 90.6 Å². The van der Waals surface area contributed by atoms with Gasteiger partial charge in [-0.1, -0.05) is 0 Å². The molecule has 1 N–H and O–H groups in total. The number of hydrogen-bond donors (Lipinski definition) is 1. The van der Waals surface area contributed by atoms with Gasteiger partial charge in [-0.2, -0.15) is 43.9 Å². The monoisotopic (exact) mass is 556 g/mol. The molecule has 4 atom stereocenters. The maximum atomic E-state index is 15.1. The van der Waals surface area contributed by atoms with Crippen LogP contribution in [-0.2, 0) is 14.3 Å². The summed E-state index contributed by atoms with van der Waals surface area (Å²) in [5, 5.41) is 9.52. The van der Waals surface area contributed by atoms with Crippen LogP contribution < -0.4 is 0 Å². The molecule has 2 aliphatic carbocycles. The van der Waals surface area contributed by atoms with Gasteiger partial charge < -0.3 is 14.6 Å². The van der Waals surface area contributed by atoms with Crippen LogP contribution in [0.15, 0.2) is 0 Å². The molecule has 2 bridgehead atoms. The van der Waals surface area contributed by atoms with Gasteiger partial charge in [-0.15, -0.1) is 11.6 Å². The maximum Gasteiger partial charge on any atom is 0.338 e. The summed E-state index contributed by atoms with van der Waals surface area (Å²) in [5.41, 5.74) is -28.0. The average molecular weight is 557 g/mol. The normalized spacial score (nSPS) is 41.2. The number of halogens is 15. The molecule has 0 aromatic carbocycles. The van der Waals surface area contributed by atoms with E-state index in [4.69, 9.17) is 11.6 Å². The molecule has 2 rings (SSSR count). The van der Waals surface area contributed by atoms with E-state index in [9.17, 15) is 67.0 Å². The van der Waals surface area contributed by atoms with Crippen molar-refractivity contribution in [1.29, 1.82) is 0 Å². The van der Waals surface area contributed by atoms with E-state index in [1.165, 1.54) is 0 Å². The van der Waals surface area contributed by atoms with E-state index >= 15 is 4.39 Å². The van der Waals surface area contributed by atoms with Crippen molar-refractivity contribution in [3.8, 4) is 0 Å². The van der Waals surface area contributed by atoms with Crippen LogP contribution in [0.5, 0.6) is 0 Å². The Bertz CT molecular complexity index is 841. The first-order chi connectivity index (χ1) is 14.9. The molecule has 4 unspecified atom stereocenters. The molecule has 2 fully saturated rings. The average Bonchev–Trinajstić information content (AvgIpc) is 2.68. The third-order valence-electron chi connectivity index (χ3n) is 5.84. The van der Waals surface area contributed by atoms with Gasteiger partial charge in [0.05, 0.1) is 6.61 Å². The number of ether oxygens (including phenoxy) is 2. The fourth-order valence-electron chi connectivity index (χ4n) is 3.94. The molecular weight excluding hydrogens is 546 g/mol. The summed E-state index contributed by atoms with van der Waals surface area (Å²) < 4.78 is 210. The lowest BCUT2D eigenvalue weighted by Gasteiger charge is -2.68. The van der Waals surface area contributed by atoms with E-state index in [-0.39, 0.29) is 0 Å². The maximum absolute atomic E-state index is 15.1. The number of carbonyl (C=O) groups is 1.